The second-order valence-corrected chi connectivity index (χ2v) is 4.59. The molecule has 0 N–H and O–H groups in total. The maximum atomic E-state index is 12.1. The summed E-state index contributed by atoms with van der Waals surface area (Å²) >= 11 is 0. The molecule has 0 aromatic heterocycles. The first kappa shape index (κ1) is 15.6. The molecule has 0 aliphatic heterocycles. The van der Waals surface area contributed by atoms with Crippen molar-refractivity contribution in [1.29, 1.82) is 0 Å². The van der Waals surface area contributed by atoms with Crippen LogP contribution < -0.4 is 9.47 Å². The Kier molecular flexibility index (Phi) is 5.55. The Labute approximate surface area is 130 Å². The van der Waals surface area contributed by atoms with Crippen molar-refractivity contribution < 1.29 is 14.3 Å². The number of ether oxygens (including phenoxy) is 2. The van der Waals surface area contributed by atoms with Gasteiger partial charge in [-0.05, 0) is 48.0 Å². The van der Waals surface area contributed by atoms with Gasteiger partial charge in [0.25, 0.3) is 0 Å². The molecular formula is C19H18O3. The van der Waals surface area contributed by atoms with E-state index in [1.165, 1.54) is 0 Å². The van der Waals surface area contributed by atoms with Crippen molar-refractivity contribution in [2.75, 3.05) is 13.7 Å². The molecule has 0 spiro atoms. The summed E-state index contributed by atoms with van der Waals surface area (Å²) in [6.45, 7) is 4.08. The molecule has 22 heavy (non-hydrogen) atoms. The second kappa shape index (κ2) is 7.84. The van der Waals surface area contributed by atoms with Crippen LogP contribution in [0.3, 0.4) is 0 Å². The smallest absolute Gasteiger partial charge is 0.185 e. The van der Waals surface area contributed by atoms with E-state index in [1.807, 2.05) is 24.3 Å². The topological polar surface area (TPSA) is 35.5 Å². The number of benzene rings is 2. The number of carbonyl (C=O) groups excluding carboxylic acids is 1. The van der Waals surface area contributed by atoms with Gasteiger partial charge in [0.15, 0.2) is 5.78 Å². The quantitative estimate of drug-likeness (QED) is 0.437. The Morgan fingerprint density at radius 1 is 1.05 bits per heavy atom. The first-order valence-electron chi connectivity index (χ1n) is 6.93. The summed E-state index contributed by atoms with van der Waals surface area (Å²) in [5, 5.41) is 0. The average molecular weight is 294 g/mol. The van der Waals surface area contributed by atoms with Crippen LogP contribution in [0.1, 0.15) is 15.9 Å². The van der Waals surface area contributed by atoms with Crippen LogP contribution in [0.25, 0.3) is 6.08 Å². The van der Waals surface area contributed by atoms with Crippen LogP contribution in [-0.2, 0) is 0 Å². The maximum Gasteiger partial charge on any atom is 0.185 e. The molecule has 2 rings (SSSR count). The van der Waals surface area contributed by atoms with Crippen LogP contribution in [-0.4, -0.2) is 19.5 Å². The molecule has 0 saturated carbocycles. The fourth-order valence-electron chi connectivity index (χ4n) is 1.85. The van der Waals surface area contributed by atoms with Gasteiger partial charge in [-0.25, -0.2) is 0 Å². The van der Waals surface area contributed by atoms with Gasteiger partial charge >= 0.3 is 0 Å². The van der Waals surface area contributed by atoms with Gasteiger partial charge in [-0.3, -0.25) is 4.79 Å². The molecule has 0 amide bonds. The van der Waals surface area contributed by atoms with E-state index in [0.29, 0.717) is 12.2 Å². The first-order valence-corrected chi connectivity index (χ1v) is 6.93. The first-order chi connectivity index (χ1) is 10.7. The molecule has 0 aliphatic carbocycles. The van der Waals surface area contributed by atoms with Crippen LogP contribution in [0.15, 0.2) is 67.3 Å². The van der Waals surface area contributed by atoms with Crippen LogP contribution >= 0.6 is 0 Å². The van der Waals surface area contributed by atoms with Crippen molar-refractivity contribution in [3.63, 3.8) is 0 Å². The predicted octanol–water partition coefficient (Wildman–Crippen LogP) is 4.16. The normalized spacial score (nSPS) is 10.4. The summed E-state index contributed by atoms with van der Waals surface area (Å²) < 4.78 is 10.5. The molecule has 0 fully saturated rings. The predicted molar refractivity (Wildman–Crippen MR) is 88.5 cm³/mol. The highest BCUT2D eigenvalue weighted by molar-refractivity contribution is 6.06. The number of methoxy groups -OCH3 is 1. The Bertz CT molecular complexity index is 652. The van der Waals surface area contributed by atoms with Gasteiger partial charge in [-0.1, -0.05) is 30.9 Å². The highest BCUT2D eigenvalue weighted by atomic mass is 16.5. The van der Waals surface area contributed by atoms with Crippen molar-refractivity contribution in [2.45, 2.75) is 0 Å². The van der Waals surface area contributed by atoms with Gasteiger partial charge < -0.3 is 9.47 Å². The van der Waals surface area contributed by atoms with Gasteiger partial charge in [0.05, 0.1) is 7.11 Å². The van der Waals surface area contributed by atoms with Gasteiger partial charge in [0, 0.05) is 5.56 Å². The van der Waals surface area contributed by atoms with E-state index in [1.54, 1.807) is 49.6 Å². The van der Waals surface area contributed by atoms with E-state index in [9.17, 15) is 4.79 Å². The summed E-state index contributed by atoms with van der Waals surface area (Å²) in [7, 11) is 1.60. The lowest BCUT2D eigenvalue weighted by atomic mass is 10.1. The molecule has 0 atom stereocenters. The largest absolute Gasteiger partial charge is 0.497 e. The van der Waals surface area contributed by atoms with E-state index in [2.05, 4.69) is 6.58 Å². The lowest BCUT2D eigenvalue weighted by molar-refractivity contribution is 0.104. The highest BCUT2D eigenvalue weighted by Crippen LogP contribution is 2.15. The van der Waals surface area contributed by atoms with Crippen molar-refractivity contribution in [3.05, 3.63) is 78.4 Å². The van der Waals surface area contributed by atoms with E-state index >= 15 is 0 Å². The molecule has 0 heterocycles. The summed E-state index contributed by atoms with van der Waals surface area (Å²) in [5.74, 6) is 1.46. The third kappa shape index (κ3) is 4.35. The summed E-state index contributed by atoms with van der Waals surface area (Å²) in [6, 6.07) is 14.6. The second-order valence-electron chi connectivity index (χ2n) is 4.59. The standard InChI is InChI=1S/C19H18O3/c1-3-14-22-18-9-4-15(5-10-18)6-13-19(20)16-7-11-17(21-2)12-8-16/h3-13H,1,14H2,2H3/b13-6-. The SMILES string of the molecule is C=CCOc1ccc(/C=C\C(=O)c2ccc(OC)cc2)cc1. The Hall–Kier alpha value is -2.81. The third-order valence-corrected chi connectivity index (χ3v) is 3.05. The van der Waals surface area contributed by atoms with Gasteiger partial charge in [0.2, 0.25) is 0 Å². The number of ketones is 1. The van der Waals surface area contributed by atoms with Crippen molar-refractivity contribution in [2.24, 2.45) is 0 Å². The number of hydrogen-bond acceptors (Lipinski definition) is 3. The summed E-state index contributed by atoms with van der Waals surface area (Å²) in [6.07, 6.45) is 5.03. The molecule has 0 bridgehead atoms. The van der Waals surface area contributed by atoms with Gasteiger partial charge in [-0.2, -0.15) is 0 Å². The minimum Gasteiger partial charge on any atom is -0.497 e. The molecule has 2 aromatic carbocycles. The molecule has 0 aliphatic rings. The van der Waals surface area contributed by atoms with Crippen molar-refractivity contribution in [3.8, 4) is 11.5 Å². The molecule has 112 valence electrons. The zero-order valence-electron chi connectivity index (χ0n) is 12.5. The molecule has 3 heteroatoms. The maximum absolute atomic E-state index is 12.1. The fraction of sp³-hybridized carbons (Fsp3) is 0.105. The molecular weight excluding hydrogens is 276 g/mol. The lowest BCUT2D eigenvalue weighted by Crippen LogP contribution is -1.94. The van der Waals surface area contributed by atoms with Gasteiger partial charge in [0.1, 0.15) is 18.1 Å². The number of hydrogen-bond donors (Lipinski definition) is 0. The lowest BCUT2D eigenvalue weighted by Gasteiger charge is -2.03. The molecule has 0 unspecified atom stereocenters. The van der Waals surface area contributed by atoms with E-state index in [0.717, 1.165) is 17.1 Å². The van der Waals surface area contributed by atoms with Gasteiger partial charge in [-0.15, -0.1) is 0 Å². The Balaban J connectivity index is 2.00. The van der Waals surface area contributed by atoms with Crippen molar-refractivity contribution in [1.82, 2.24) is 0 Å². The van der Waals surface area contributed by atoms with E-state index in [4.69, 9.17) is 9.47 Å². The average Bonchev–Trinajstić information content (AvgIpc) is 2.58. The minimum atomic E-state index is -0.0466. The number of rotatable bonds is 7. The monoisotopic (exact) mass is 294 g/mol. The summed E-state index contributed by atoms with van der Waals surface area (Å²) in [4.78, 5) is 12.1. The van der Waals surface area contributed by atoms with Crippen LogP contribution in [0, 0.1) is 0 Å². The minimum absolute atomic E-state index is 0.0466. The molecule has 2 aromatic rings. The molecule has 0 saturated heterocycles. The zero-order chi connectivity index (χ0) is 15.8. The third-order valence-electron chi connectivity index (χ3n) is 3.05. The Morgan fingerprint density at radius 2 is 1.68 bits per heavy atom. The highest BCUT2D eigenvalue weighted by Gasteiger charge is 2.01. The zero-order valence-corrected chi connectivity index (χ0v) is 12.5. The van der Waals surface area contributed by atoms with Crippen molar-refractivity contribution >= 4 is 11.9 Å². The summed E-state index contributed by atoms with van der Waals surface area (Å²) in [5.41, 5.74) is 1.57. The van der Waals surface area contributed by atoms with E-state index < -0.39 is 0 Å². The molecule has 0 radical (unpaired) electrons. The number of allylic oxidation sites excluding steroid dienone is 1. The van der Waals surface area contributed by atoms with Crippen LogP contribution in [0.5, 0.6) is 11.5 Å². The molecule has 3 nitrogen and oxygen atoms in total. The number of carbonyl (C=O) groups is 1. The Morgan fingerprint density at radius 3 is 2.27 bits per heavy atom. The van der Waals surface area contributed by atoms with Crippen LogP contribution in [0.2, 0.25) is 0 Å². The van der Waals surface area contributed by atoms with Crippen LogP contribution in [0.4, 0.5) is 0 Å². The van der Waals surface area contributed by atoms with E-state index in [-0.39, 0.29) is 5.78 Å². The fourth-order valence-corrected chi connectivity index (χ4v) is 1.85.